The van der Waals surface area contributed by atoms with Crippen molar-refractivity contribution in [3.05, 3.63) is 98.4 Å². The third-order valence-corrected chi connectivity index (χ3v) is 9.51. The SMILES string of the molecule is CC(=N)N1C(=N)[C@H](CC(=O)N2CCN(C(=O)/C=C/C(=O)c3cccc(C#N)c3)CC2)N=C(c2ccc(Cl)cc2)c2c1sc(C)c2C. The lowest BCUT2D eigenvalue weighted by atomic mass is 9.99. The van der Waals surface area contributed by atoms with Gasteiger partial charge in [0.1, 0.15) is 22.7 Å². The van der Waals surface area contributed by atoms with E-state index in [2.05, 4.69) is 0 Å². The molecule has 0 bridgehead atoms. The molecule has 2 N–H and O–H groups in total. The number of piperazine rings is 1. The van der Waals surface area contributed by atoms with Gasteiger partial charge in [0.05, 0.1) is 23.8 Å². The first-order valence-corrected chi connectivity index (χ1v) is 15.8. The monoisotopic (exact) mass is 653 g/mol. The zero-order chi connectivity index (χ0) is 33.1. The Hall–Kier alpha value is -4.92. The molecule has 46 heavy (non-hydrogen) atoms. The highest BCUT2D eigenvalue weighted by Crippen LogP contribution is 2.40. The van der Waals surface area contributed by atoms with Gasteiger partial charge in [-0.2, -0.15) is 5.26 Å². The second kappa shape index (κ2) is 13.6. The van der Waals surface area contributed by atoms with Gasteiger partial charge in [-0.15, -0.1) is 11.3 Å². The van der Waals surface area contributed by atoms with Crippen LogP contribution in [0.1, 0.15) is 50.8 Å². The molecule has 234 valence electrons. The summed E-state index contributed by atoms with van der Waals surface area (Å²) < 4.78 is 0. The molecule has 1 fully saturated rings. The van der Waals surface area contributed by atoms with Crippen molar-refractivity contribution >= 4 is 62.9 Å². The van der Waals surface area contributed by atoms with Crippen LogP contribution in [0.25, 0.3) is 0 Å². The van der Waals surface area contributed by atoms with Gasteiger partial charge in [0.15, 0.2) is 5.78 Å². The Morgan fingerprint density at radius 1 is 1.07 bits per heavy atom. The summed E-state index contributed by atoms with van der Waals surface area (Å²) >= 11 is 7.67. The molecular weight excluding hydrogens is 622 g/mol. The van der Waals surface area contributed by atoms with Crippen LogP contribution in [0.3, 0.4) is 0 Å². The average molecular weight is 654 g/mol. The molecule has 1 atom stereocenters. The molecule has 3 aromatic rings. The topological polar surface area (TPSA) is 145 Å². The van der Waals surface area contributed by atoms with Crippen molar-refractivity contribution in [2.24, 2.45) is 4.99 Å². The Morgan fingerprint density at radius 3 is 2.39 bits per heavy atom. The molecule has 0 aliphatic carbocycles. The van der Waals surface area contributed by atoms with Crippen LogP contribution in [0.5, 0.6) is 0 Å². The quantitative estimate of drug-likeness (QED) is 0.159. The van der Waals surface area contributed by atoms with E-state index in [1.165, 1.54) is 29.6 Å². The Morgan fingerprint density at radius 2 is 1.74 bits per heavy atom. The third kappa shape index (κ3) is 6.68. The number of allylic oxidation sites excluding steroid dienone is 1. The number of carbonyl (C=O) groups is 3. The van der Waals surface area contributed by atoms with Crippen LogP contribution >= 0.6 is 22.9 Å². The van der Waals surface area contributed by atoms with E-state index >= 15 is 0 Å². The van der Waals surface area contributed by atoms with E-state index in [4.69, 9.17) is 32.7 Å². The summed E-state index contributed by atoms with van der Waals surface area (Å²) in [5.41, 5.74) is 3.98. The number of aliphatic imine (C=N–C) groups is 1. The zero-order valence-electron chi connectivity index (χ0n) is 25.6. The lowest BCUT2D eigenvalue weighted by molar-refractivity contribution is -0.137. The van der Waals surface area contributed by atoms with Crippen LogP contribution in [-0.4, -0.2) is 77.0 Å². The van der Waals surface area contributed by atoms with Crippen LogP contribution < -0.4 is 4.90 Å². The Balaban J connectivity index is 1.31. The number of amidine groups is 2. The predicted octanol–water partition coefficient (Wildman–Crippen LogP) is 5.39. The largest absolute Gasteiger partial charge is 0.339 e. The minimum atomic E-state index is -0.842. The van der Waals surface area contributed by atoms with Crippen molar-refractivity contribution in [2.45, 2.75) is 33.2 Å². The highest BCUT2D eigenvalue weighted by atomic mass is 35.5. The van der Waals surface area contributed by atoms with Gasteiger partial charge >= 0.3 is 0 Å². The smallest absolute Gasteiger partial charge is 0.246 e. The van der Waals surface area contributed by atoms with E-state index < -0.39 is 6.04 Å². The number of ketones is 1. The molecule has 1 saturated heterocycles. The molecule has 12 heteroatoms. The van der Waals surface area contributed by atoms with Crippen molar-refractivity contribution < 1.29 is 14.4 Å². The van der Waals surface area contributed by atoms with Gasteiger partial charge in [0, 0.05) is 58.8 Å². The number of nitrogens with zero attached hydrogens (tertiary/aromatic N) is 5. The Labute approximate surface area is 276 Å². The van der Waals surface area contributed by atoms with Crippen LogP contribution in [0, 0.1) is 36.0 Å². The highest BCUT2D eigenvalue weighted by Gasteiger charge is 2.36. The summed E-state index contributed by atoms with van der Waals surface area (Å²) in [6, 6.07) is 14.7. The lowest BCUT2D eigenvalue weighted by Crippen LogP contribution is -2.51. The zero-order valence-corrected chi connectivity index (χ0v) is 27.2. The standard InChI is InChI=1S/C34H32ClN7O3S/c1-20-21(2)46-34-31(20)32(24-7-9-26(35)10-8-24)39-27(33(38)42(34)22(3)37)18-30(45)41-15-13-40(14-16-41)29(44)12-11-28(43)25-6-4-5-23(17-25)19-36/h4-12,17,27,37-38H,13-16,18H2,1-3H3/b12-11+,37-22?,38-33?/t27-/m0/s1. The fourth-order valence-electron chi connectivity index (χ4n) is 5.45. The number of hydrogen-bond acceptors (Lipinski definition) is 8. The molecule has 0 spiro atoms. The number of nitrogens with one attached hydrogen (secondary N) is 2. The van der Waals surface area contributed by atoms with E-state index in [1.807, 2.05) is 32.0 Å². The van der Waals surface area contributed by atoms with Gasteiger partial charge in [-0.05, 0) is 56.7 Å². The number of fused-ring (bicyclic) bond motifs is 1. The molecule has 0 unspecified atom stereocenters. The van der Waals surface area contributed by atoms with Crippen molar-refractivity contribution in [3.63, 3.8) is 0 Å². The Bertz CT molecular complexity index is 1850. The summed E-state index contributed by atoms with van der Waals surface area (Å²) in [7, 11) is 0. The number of halogens is 1. The summed E-state index contributed by atoms with van der Waals surface area (Å²) in [5.74, 6) is -0.707. The van der Waals surface area contributed by atoms with E-state index in [-0.39, 0.29) is 48.8 Å². The first kappa shape index (κ1) is 32.5. The maximum atomic E-state index is 13.6. The molecule has 0 radical (unpaired) electrons. The van der Waals surface area contributed by atoms with Gasteiger partial charge < -0.3 is 9.80 Å². The van der Waals surface area contributed by atoms with Gasteiger partial charge in [-0.3, -0.25) is 35.1 Å². The van der Waals surface area contributed by atoms with E-state index in [0.717, 1.165) is 26.6 Å². The van der Waals surface area contributed by atoms with Gasteiger partial charge in [-0.1, -0.05) is 35.9 Å². The highest BCUT2D eigenvalue weighted by molar-refractivity contribution is 7.17. The molecule has 2 amide bonds. The van der Waals surface area contributed by atoms with Gasteiger partial charge in [0.2, 0.25) is 11.8 Å². The van der Waals surface area contributed by atoms with Crippen LogP contribution in [0.2, 0.25) is 5.02 Å². The number of carbonyl (C=O) groups excluding carboxylic acids is 3. The number of benzene rings is 2. The van der Waals surface area contributed by atoms with E-state index in [0.29, 0.717) is 35.0 Å². The van der Waals surface area contributed by atoms with E-state index in [1.54, 1.807) is 52.0 Å². The second-order valence-electron chi connectivity index (χ2n) is 11.1. The number of hydrogen-bond donors (Lipinski definition) is 2. The number of thiophene rings is 1. The van der Waals surface area contributed by atoms with Crippen LogP contribution in [0.15, 0.2) is 65.7 Å². The molecule has 2 aliphatic rings. The van der Waals surface area contributed by atoms with Crippen molar-refractivity contribution in [3.8, 4) is 6.07 Å². The minimum Gasteiger partial charge on any atom is -0.339 e. The second-order valence-corrected chi connectivity index (χ2v) is 12.7. The fourth-order valence-corrected chi connectivity index (χ4v) is 6.80. The number of amides is 2. The van der Waals surface area contributed by atoms with Gasteiger partial charge in [0.25, 0.3) is 0 Å². The molecule has 0 saturated carbocycles. The molecule has 2 aliphatic heterocycles. The van der Waals surface area contributed by atoms with E-state index in [9.17, 15) is 14.4 Å². The van der Waals surface area contributed by atoms with Crippen molar-refractivity contribution in [2.75, 3.05) is 31.1 Å². The Kier molecular flexibility index (Phi) is 9.60. The molecule has 3 heterocycles. The summed E-state index contributed by atoms with van der Waals surface area (Å²) in [6.07, 6.45) is 2.34. The number of rotatable bonds is 6. The number of anilines is 1. The minimum absolute atomic E-state index is 0.0521. The molecule has 10 nitrogen and oxygen atoms in total. The molecule has 1 aromatic heterocycles. The normalized spacial score (nSPS) is 16.5. The maximum absolute atomic E-state index is 13.6. The summed E-state index contributed by atoms with van der Waals surface area (Å²) in [5, 5.41) is 28.0. The summed E-state index contributed by atoms with van der Waals surface area (Å²) in [4.78, 5) is 49.8. The molecular formula is C34H32ClN7O3S. The lowest BCUT2D eigenvalue weighted by Gasteiger charge is -2.35. The molecule has 5 rings (SSSR count). The first-order valence-electron chi connectivity index (χ1n) is 14.7. The fraction of sp³-hybridized carbons (Fsp3) is 0.265. The predicted molar refractivity (Wildman–Crippen MR) is 181 cm³/mol. The maximum Gasteiger partial charge on any atom is 0.246 e. The van der Waals surface area contributed by atoms with Gasteiger partial charge in [-0.25, -0.2) is 0 Å². The van der Waals surface area contributed by atoms with Crippen LogP contribution in [-0.2, 0) is 9.59 Å². The number of aryl methyl sites for hydroxylation is 1. The van der Waals surface area contributed by atoms with Crippen molar-refractivity contribution in [1.82, 2.24) is 9.80 Å². The molecule has 2 aromatic carbocycles. The number of nitriles is 1. The average Bonchev–Trinajstić information content (AvgIpc) is 3.27. The third-order valence-electron chi connectivity index (χ3n) is 8.07. The van der Waals surface area contributed by atoms with Crippen molar-refractivity contribution in [1.29, 1.82) is 16.1 Å². The van der Waals surface area contributed by atoms with Crippen LogP contribution in [0.4, 0.5) is 5.00 Å². The first-order chi connectivity index (χ1) is 22.0. The summed E-state index contributed by atoms with van der Waals surface area (Å²) in [6.45, 7) is 6.79.